The number of carboxylic acid groups (broad SMARTS) is 1. The third-order valence-electron chi connectivity index (χ3n) is 5.31. The lowest BCUT2D eigenvalue weighted by molar-refractivity contribution is -0.143. The number of alkyl halides is 5. The number of para-hydroxylation sites is 2. The predicted octanol–water partition coefficient (Wildman–Crippen LogP) is 5.04. The summed E-state index contributed by atoms with van der Waals surface area (Å²) in [6.07, 6.45) is -4.87. The lowest BCUT2D eigenvalue weighted by atomic mass is 9.97. The number of amides is 1. The van der Waals surface area contributed by atoms with E-state index in [-0.39, 0.29) is 16.9 Å². The molecule has 3 aromatic rings. The van der Waals surface area contributed by atoms with Crippen molar-refractivity contribution in [2.45, 2.75) is 18.5 Å². The molecule has 6 nitrogen and oxygen atoms in total. The SMILES string of the molecule is O=C(O)/C=C1/c2ccccc2N(C(=O)c2cnn(-c3ccccc3)c2C(F)(F)F)CCC1(F)F. The quantitative estimate of drug-likeness (QED) is 0.424. The van der Waals surface area contributed by atoms with Crippen molar-refractivity contribution >= 4 is 23.1 Å². The molecule has 0 bridgehead atoms. The average molecular weight is 477 g/mol. The van der Waals surface area contributed by atoms with Gasteiger partial charge in [-0.25, -0.2) is 18.3 Å². The van der Waals surface area contributed by atoms with Gasteiger partial charge in [0.15, 0.2) is 5.69 Å². The molecule has 0 saturated carbocycles. The Kier molecular flexibility index (Phi) is 5.72. The molecule has 1 aliphatic rings. The van der Waals surface area contributed by atoms with Crippen LogP contribution in [0, 0.1) is 0 Å². The molecule has 0 atom stereocenters. The monoisotopic (exact) mass is 477 g/mol. The van der Waals surface area contributed by atoms with Gasteiger partial charge in [0.25, 0.3) is 11.8 Å². The number of aliphatic carboxylic acids is 1. The van der Waals surface area contributed by atoms with Gasteiger partial charge in [-0.3, -0.25) is 4.79 Å². The van der Waals surface area contributed by atoms with Crippen LogP contribution in [0.2, 0.25) is 0 Å². The fraction of sp³-hybridized carbons (Fsp3) is 0.174. The van der Waals surface area contributed by atoms with Crippen LogP contribution in [-0.2, 0) is 11.0 Å². The van der Waals surface area contributed by atoms with Crippen molar-refractivity contribution in [3.8, 4) is 5.69 Å². The molecule has 0 aliphatic carbocycles. The Bertz CT molecular complexity index is 1280. The van der Waals surface area contributed by atoms with Crippen molar-refractivity contribution in [2.75, 3.05) is 11.4 Å². The molecule has 4 rings (SSSR count). The number of allylic oxidation sites excluding steroid dienone is 1. The highest BCUT2D eigenvalue weighted by atomic mass is 19.4. The molecular weight excluding hydrogens is 461 g/mol. The summed E-state index contributed by atoms with van der Waals surface area (Å²) in [5.74, 6) is -6.44. The third-order valence-corrected chi connectivity index (χ3v) is 5.31. The van der Waals surface area contributed by atoms with Gasteiger partial charge in [0.2, 0.25) is 0 Å². The summed E-state index contributed by atoms with van der Waals surface area (Å²) in [7, 11) is 0. The average Bonchev–Trinajstić information content (AvgIpc) is 3.20. The van der Waals surface area contributed by atoms with Gasteiger partial charge in [-0.15, -0.1) is 0 Å². The Labute approximate surface area is 189 Å². The molecule has 0 unspecified atom stereocenters. The zero-order chi connectivity index (χ0) is 24.7. The number of nitrogens with zero attached hydrogens (tertiary/aromatic N) is 3. The van der Waals surface area contributed by atoms with Crippen LogP contribution in [0.4, 0.5) is 27.6 Å². The summed E-state index contributed by atoms with van der Waals surface area (Å²) >= 11 is 0. The first-order valence-electron chi connectivity index (χ1n) is 9.95. The number of fused-ring (bicyclic) bond motifs is 1. The highest BCUT2D eigenvalue weighted by Gasteiger charge is 2.45. The van der Waals surface area contributed by atoms with E-state index in [0.29, 0.717) is 10.8 Å². The van der Waals surface area contributed by atoms with Crippen LogP contribution in [0.15, 0.2) is 66.9 Å². The number of anilines is 1. The van der Waals surface area contributed by atoms with Crippen LogP contribution in [0.3, 0.4) is 0 Å². The van der Waals surface area contributed by atoms with E-state index in [2.05, 4.69) is 5.10 Å². The zero-order valence-corrected chi connectivity index (χ0v) is 17.3. The number of hydrogen-bond donors (Lipinski definition) is 1. The van der Waals surface area contributed by atoms with Crippen molar-refractivity contribution in [3.63, 3.8) is 0 Å². The Balaban J connectivity index is 1.87. The number of benzene rings is 2. The van der Waals surface area contributed by atoms with Gasteiger partial charge in [0.1, 0.15) is 0 Å². The number of carboxylic acids is 1. The van der Waals surface area contributed by atoms with E-state index in [9.17, 15) is 31.5 Å². The van der Waals surface area contributed by atoms with Crippen molar-refractivity contribution in [1.29, 1.82) is 0 Å². The molecule has 1 N–H and O–H groups in total. The Hall–Kier alpha value is -4.02. The fourth-order valence-electron chi connectivity index (χ4n) is 3.85. The Morgan fingerprint density at radius 1 is 1.03 bits per heavy atom. The maximum absolute atomic E-state index is 14.8. The summed E-state index contributed by atoms with van der Waals surface area (Å²) in [6, 6.07) is 12.6. The van der Waals surface area contributed by atoms with Crippen LogP contribution in [0.1, 0.15) is 28.0 Å². The standard InChI is InChI=1S/C23H16F5N3O3/c24-22(25)10-11-30(18-9-5-4-8-15(18)17(22)12-19(32)33)21(34)16-13-29-31(20(16)23(26,27)28)14-6-2-1-3-7-14/h1-9,12-13H,10-11H2,(H,32,33)/b17-12-. The van der Waals surface area contributed by atoms with E-state index in [1.54, 1.807) is 6.07 Å². The van der Waals surface area contributed by atoms with E-state index >= 15 is 0 Å². The lowest BCUT2D eigenvalue weighted by Gasteiger charge is -2.23. The second-order valence-corrected chi connectivity index (χ2v) is 7.48. The first kappa shape index (κ1) is 23.1. The van der Waals surface area contributed by atoms with Gasteiger partial charge in [0, 0.05) is 30.2 Å². The summed E-state index contributed by atoms with van der Waals surface area (Å²) < 4.78 is 72.3. The highest BCUT2D eigenvalue weighted by Crippen LogP contribution is 2.44. The zero-order valence-electron chi connectivity index (χ0n) is 17.3. The Morgan fingerprint density at radius 2 is 1.68 bits per heavy atom. The molecule has 1 aliphatic heterocycles. The third kappa shape index (κ3) is 4.16. The first-order valence-corrected chi connectivity index (χ1v) is 9.95. The molecule has 1 amide bonds. The van der Waals surface area contributed by atoms with E-state index in [1.165, 1.54) is 48.5 Å². The maximum Gasteiger partial charge on any atom is 0.434 e. The van der Waals surface area contributed by atoms with E-state index < -0.39 is 53.8 Å². The molecule has 176 valence electrons. The minimum absolute atomic E-state index is 0.0587. The second-order valence-electron chi connectivity index (χ2n) is 7.48. The van der Waals surface area contributed by atoms with Crippen LogP contribution in [0.5, 0.6) is 0 Å². The predicted molar refractivity (Wildman–Crippen MR) is 112 cm³/mol. The van der Waals surface area contributed by atoms with Gasteiger partial charge in [0.05, 0.1) is 23.1 Å². The van der Waals surface area contributed by atoms with Gasteiger partial charge < -0.3 is 10.0 Å². The van der Waals surface area contributed by atoms with Gasteiger partial charge >= 0.3 is 12.1 Å². The van der Waals surface area contributed by atoms with Crippen LogP contribution < -0.4 is 4.90 Å². The molecule has 34 heavy (non-hydrogen) atoms. The van der Waals surface area contributed by atoms with Crippen LogP contribution >= 0.6 is 0 Å². The molecule has 0 fully saturated rings. The summed E-state index contributed by atoms with van der Waals surface area (Å²) in [4.78, 5) is 25.3. The summed E-state index contributed by atoms with van der Waals surface area (Å²) in [5.41, 5.74) is -3.33. The number of carbonyl (C=O) groups excluding carboxylic acids is 1. The molecule has 2 aromatic carbocycles. The molecule has 0 saturated heterocycles. The van der Waals surface area contributed by atoms with Crippen molar-refractivity contribution in [1.82, 2.24) is 9.78 Å². The minimum atomic E-state index is -4.99. The van der Waals surface area contributed by atoms with Crippen LogP contribution in [0.25, 0.3) is 11.3 Å². The molecule has 1 aromatic heterocycles. The van der Waals surface area contributed by atoms with E-state index in [0.717, 1.165) is 11.1 Å². The second kappa shape index (κ2) is 8.40. The normalized spacial score (nSPS) is 16.7. The van der Waals surface area contributed by atoms with Gasteiger partial charge in [-0.2, -0.15) is 18.3 Å². The largest absolute Gasteiger partial charge is 0.478 e. The van der Waals surface area contributed by atoms with Crippen LogP contribution in [-0.4, -0.2) is 39.2 Å². The lowest BCUT2D eigenvalue weighted by Crippen LogP contribution is -2.34. The molecule has 0 spiro atoms. The number of aromatic nitrogens is 2. The van der Waals surface area contributed by atoms with E-state index in [4.69, 9.17) is 5.11 Å². The number of hydrogen-bond acceptors (Lipinski definition) is 3. The molecular formula is C23H16F5N3O3. The topological polar surface area (TPSA) is 75.4 Å². The number of carbonyl (C=O) groups is 2. The molecule has 0 radical (unpaired) electrons. The van der Waals surface area contributed by atoms with Gasteiger partial charge in [-0.1, -0.05) is 36.4 Å². The Morgan fingerprint density at radius 3 is 2.32 bits per heavy atom. The maximum atomic E-state index is 14.8. The van der Waals surface area contributed by atoms with Crippen molar-refractivity contribution in [2.24, 2.45) is 0 Å². The smallest absolute Gasteiger partial charge is 0.434 e. The first-order chi connectivity index (χ1) is 16.0. The molecule has 11 heteroatoms. The number of rotatable bonds is 3. The van der Waals surface area contributed by atoms with Crippen molar-refractivity contribution in [3.05, 3.63) is 83.7 Å². The fourth-order valence-corrected chi connectivity index (χ4v) is 3.85. The van der Waals surface area contributed by atoms with E-state index in [1.807, 2.05) is 0 Å². The molecule has 2 heterocycles. The van der Waals surface area contributed by atoms with Crippen molar-refractivity contribution < 1.29 is 36.6 Å². The highest BCUT2D eigenvalue weighted by molar-refractivity contribution is 6.09. The number of halogens is 5. The minimum Gasteiger partial charge on any atom is -0.478 e. The van der Waals surface area contributed by atoms with Gasteiger partial charge in [-0.05, 0) is 18.2 Å². The summed E-state index contributed by atoms with van der Waals surface area (Å²) in [6.45, 7) is -0.645. The summed E-state index contributed by atoms with van der Waals surface area (Å²) in [5, 5.41) is 12.8.